The number of nitrogens with one attached hydrogen (secondary N) is 1. The van der Waals surface area contributed by atoms with Gasteiger partial charge < -0.3 is 15.0 Å². The maximum atomic E-state index is 12.8. The van der Waals surface area contributed by atoms with Crippen molar-refractivity contribution in [3.05, 3.63) is 59.7 Å². The van der Waals surface area contributed by atoms with Gasteiger partial charge in [0.15, 0.2) is 0 Å². The van der Waals surface area contributed by atoms with Gasteiger partial charge in [0.2, 0.25) is 5.91 Å². The van der Waals surface area contributed by atoms with Crippen LogP contribution >= 0.6 is 11.8 Å². The van der Waals surface area contributed by atoms with Crippen LogP contribution in [0.1, 0.15) is 35.2 Å². The first-order chi connectivity index (χ1) is 15.0. The number of ether oxygens (including phenoxy) is 1. The van der Waals surface area contributed by atoms with Gasteiger partial charge in [0, 0.05) is 36.0 Å². The van der Waals surface area contributed by atoms with Gasteiger partial charge in [0.05, 0.1) is 7.11 Å². The summed E-state index contributed by atoms with van der Waals surface area (Å²) in [7, 11) is 1.66. The predicted octanol–water partition coefficient (Wildman–Crippen LogP) is 4.02. The van der Waals surface area contributed by atoms with Crippen LogP contribution in [0.2, 0.25) is 0 Å². The average molecular weight is 439 g/mol. The Kier molecular flexibility index (Phi) is 6.56. The number of amides is 2. The van der Waals surface area contributed by atoms with E-state index < -0.39 is 0 Å². The minimum Gasteiger partial charge on any atom is -0.497 e. The zero-order chi connectivity index (χ0) is 21.8. The zero-order valence-corrected chi connectivity index (χ0v) is 19.0. The molecule has 0 radical (unpaired) electrons. The van der Waals surface area contributed by atoms with E-state index in [2.05, 4.69) is 11.4 Å². The van der Waals surface area contributed by atoms with Gasteiger partial charge >= 0.3 is 0 Å². The minimum atomic E-state index is 0.0934. The van der Waals surface area contributed by atoms with Gasteiger partial charge in [0.25, 0.3) is 5.91 Å². The van der Waals surface area contributed by atoms with E-state index >= 15 is 0 Å². The number of piperidine rings is 1. The molecule has 164 valence electrons. The Morgan fingerprint density at radius 2 is 1.90 bits per heavy atom. The monoisotopic (exact) mass is 438 g/mol. The van der Waals surface area contributed by atoms with Crippen molar-refractivity contribution in [2.75, 3.05) is 33.0 Å². The molecule has 2 aromatic rings. The second kappa shape index (κ2) is 9.35. The molecule has 2 aromatic carbocycles. The van der Waals surface area contributed by atoms with Crippen LogP contribution in [0, 0.1) is 11.3 Å². The van der Waals surface area contributed by atoms with Crippen molar-refractivity contribution in [1.82, 2.24) is 10.2 Å². The maximum absolute atomic E-state index is 12.8. The van der Waals surface area contributed by atoms with Gasteiger partial charge in [-0.15, -0.1) is 11.8 Å². The van der Waals surface area contributed by atoms with Crippen molar-refractivity contribution in [3.63, 3.8) is 0 Å². The summed E-state index contributed by atoms with van der Waals surface area (Å²) in [6.07, 6.45) is 5.59. The van der Waals surface area contributed by atoms with Crippen molar-refractivity contribution < 1.29 is 14.3 Å². The van der Waals surface area contributed by atoms with Crippen LogP contribution in [-0.4, -0.2) is 49.7 Å². The van der Waals surface area contributed by atoms with E-state index in [0.29, 0.717) is 6.54 Å². The van der Waals surface area contributed by atoms with Crippen molar-refractivity contribution in [2.45, 2.75) is 30.6 Å². The molecule has 6 heteroatoms. The average Bonchev–Trinajstić information content (AvgIpc) is 3.52. The molecule has 31 heavy (non-hydrogen) atoms. The highest BCUT2D eigenvalue weighted by Crippen LogP contribution is 2.59. The first kappa shape index (κ1) is 21.8. The Hall–Kier alpha value is -2.47. The smallest absolute Gasteiger partial charge is 0.253 e. The van der Waals surface area contributed by atoms with Crippen molar-refractivity contribution in [3.8, 4) is 5.75 Å². The molecule has 1 aliphatic heterocycles. The molecule has 2 amide bonds. The summed E-state index contributed by atoms with van der Waals surface area (Å²) in [4.78, 5) is 28.6. The number of likely N-dealkylation sites (tertiary alicyclic amines) is 1. The van der Waals surface area contributed by atoms with Gasteiger partial charge in [-0.3, -0.25) is 9.59 Å². The molecule has 2 fully saturated rings. The number of rotatable bonds is 7. The first-order valence-electron chi connectivity index (χ1n) is 10.9. The fourth-order valence-electron chi connectivity index (χ4n) is 4.62. The van der Waals surface area contributed by atoms with Crippen LogP contribution in [-0.2, 0) is 11.2 Å². The van der Waals surface area contributed by atoms with Gasteiger partial charge in [-0.1, -0.05) is 12.1 Å². The molecule has 1 saturated carbocycles. The Bertz CT molecular complexity index is 936. The number of hydrogen-bond acceptors (Lipinski definition) is 4. The lowest BCUT2D eigenvalue weighted by atomic mass is 9.90. The van der Waals surface area contributed by atoms with Crippen LogP contribution in [0.15, 0.2) is 53.4 Å². The molecule has 1 aliphatic carbocycles. The third kappa shape index (κ3) is 4.90. The van der Waals surface area contributed by atoms with E-state index in [4.69, 9.17) is 4.74 Å². The fourth-order valence-corrected chi connectivity index (χ4v) is 5.03. The maximum Gasteiger partial charge on any atom is 0.253 e. The normalized spacial score (nSPS) is 19.2. The summed E-state index contributed by atoms with van der Waals surface area (Å²) in [6.45, 7) is 2.10. The molecule has 4 rings (SSSR count). The Morgan fingerprint density at radius 3 is 2.58 bits per heavy atom. The van der Waals surface area contributed by atoms with Crippen molar-refractivity contribution in [1.29, 1.82) is 0 Å². The SMILES string of the molecule is COc1cccc(CCNC(=O)C2CC23CCN(C(=O)c2ccc(SC)cc2)CC3)c1. The second-order valence-electron chi connectivity index (χ2n) is 8.53. The van der Waals surface area contributed by atoms with Crippen LogP contribution in [0.5, 0.6) is 5.75 Å². The Morgan fingerprint density at radius 1 is 1.16 bits per heavy atom. The standard InChI is InChI=1S/C25H30N2O3S/c1-30-20-5-3-4-18(16-20)10-13-26-23(28)22-17-25(22)11-14-27(15-12-25)24(29)19-6-8-21(31-2)9-7-19/h3-9,16,22H,10-15,17H2,1-2H3,(H,26,28). The molecular weight excluding hydrogens is 408 g/mol. The number of thioether (sulfide) groups is 1. The van der Waals surface area contributed by atoms with E-state index in [0.717, 1.165) is 60.5 Å². The van der Waals surface area contributed by atoms with E-state index in [1.807, 2.05) is 53.6 Å². The molecule has 1 unspecified atom stereocenters. The molecule has 1 heterocycles. The lowest BCUT2D eigenvalue weighted by Gasteiger charge is -2.33. The van der Waals surface area contributed by atoms with E-state index in [1.165, 1.54) is 0 Å². The lowest BCUT2D eigenvalue weighted by molar-refractivity contribution is -0.123. The number of nitrogens with zero attached hydrogens (tertiary/aromatic N) is 1. The van der Waals surface area contributed by atoms with E-state index in [9.17, 15) is 9.59 Å². The topological polar surface area (TPSA) is 58.6 Å². The molecule has 1 N–H and O–H groups in total. The van der Waals surface area contributed by atoms with E-state index in [1.54, 1.807) is 18.9 Å². The third-order valence-electron chi connectivity index (χ3n) is 6.74. The van der Waals surface area contributed by atoms with Gasteiger partial charge in [-0.2, -0.15) is 0 Å². The molecular formula is C25H30N2O3S. The largest absolute Gasteiger partial charge is 0.497 e. The summed E-state index contributed by atoms with van der Waals surface area (Å²) in [5, 5.41) is 3.11. The Labute approximate surface area is 188 Å². The first-order valence-corrected chi connectivity index (χ1v) is 12.1. The molecule has 1 spiro atoms. The molecule has 1 atom stereocenters. The summed E-state index contributed by atoms with van der Waals surface area (Å²) in [6, 6.07) is 15.8. The zero-order valence-electron chi connectivity index (χ0n) is 18.2. The summed E-state index contributed by atoms with van der Waals surface area (Å²) >= 11 is 1.67. The fraction of sp³-hybridized carbons (Fsp3) is 0.440. The highest BCUT2D eigenvalue weighted by molar-refractivity contribution is 7.98. The van der Waals surface area contributed by atoms with Crippen molar-refractivity contribution in [2.24, 2.45) is 11.3 Å². The van der Waals surface area contributed by atoms with Gasteiger partial charge in [0.1, 0.15) is 5.75 Å². The molecule has 1 saturated heterocycles. The van der Waals surface area contributed by atoms with Crippen LogP contribution in [0.25, 0.3) is 0 Å². The second-order valence-corrected chi connectivity index (χ2v) is 9.41. The molecule has 5 nitrogen and oxygen atoms in total. The quantitative estimate of drug-likeness (QED) is 0.664. The molecule has 0 bridgehead atoms. The molecule has 2 aliphatic rings. The molecule has 0 aromatic heterocycles. The van der Waals surface area contributed by atoms with Crippen LogP contribution < -0.4 is 10.1 Å². The Balaban J connectivity index is 1.23. The van der Waals surface area contributed by atoms with Gasteiger partial charge in [-0.05, 0) is 79.3 Å². The summed E-state index contributed by atoms with van der Waals surface area (Å²) < 4.78 is 5.25. The summed E-state index contributed by atoms with van der Waals surface area (Å²) in [5.41, 5.74) is 2.00. The highest BCUT2D eigenvalue weighted by atomic mass is 32.2. The number of benzene rings is 2. The number of carbonyl (C=O) groups excluding carboxylic acids is 2. The van der Waals surface area contributed by atoms with E-state index in [-0.39, 0.29) is 23.1 Å². The lowest BCUT2D eigenvalue weighted by Crippen LogP contribution is -2.40. The van der Waals surface area contributed by atoms with Gasteiger partial charge in [-0.25, -0.2) is 0 Å². The highest BCUT2D eigenvalue weighted by Gasteiger charge is 2.58. The number of methoxy groups -OCH3 is 1. The number of hydrogen-bond donors (Lipinski definition) is 1. The predicted molar refractivity (Wildman–Crippen MR) is 124 cm³/mol. The van der Waals surface area contributed by atoms with Crippen LogP contribution in [0.3, 0.4) is 0 Å². The summed E-state index contributed by atoms with van der Waals surface area (Å²) in [5.74, 6) is 1.19. The van der Waals surface area contributed by atoms with Crippen LogP contribution in [0.4, 0.5) is 0 Å². The van der Waals surface area contributed by atoms with Crippen molar-refractivity contribution >= 4 is 23.6 Å². The minimum absolute atomic E-state index is 0.0934. The third-order valence-corrected chi connectivity index (χ3v) is 7.48. The number of carbonyl (C=O) groups is 2.